The third kappa shape index (κ3) is 3.09. The predicted molar refractivity (Wildman–Crippen MR) is 71.7 cm³/mol. The van der Waals surface area contributed by atoms with Crippen LogP contribution in [0.4, 0.5) is 0 Å². The van der Waals surface area contributed by atoms with Crippen molar-refractivity contribution in [3.05, 3.63) is 30.0 Å². The molecule has 0 saturated heterocycles. The molecule has 0 fully saturated rings. The van der Waals surface area contributed by atoms with Crippen LogP contribution in [0.25, 0.3) is 10.9 Å². The average molecular weight is 260 g/mol. The highest BCUT2D eigenvalue weighted by atomic mass is 16.2. The van der Waals surface area contributed by atoms with Crippen LogP contribution in [-0.2, 0) is 4.79 Å². The fourth-order valence-corrected chi connectivity index (χ4v) is 1.75. The summed E-state index contributed by atoms with van der Waals surface area (Å²) in [7, 11) is 0. The van der Waals surface area contributed by atoms with Crippen molar-refractivity contribution in [1.82, 2.24) is 20.8 Å². The molecule has 0 radical (unpaired) electrons. The van der Waals surface area contributed by atoms with Crippen LogP contribution in [0.5, 0.6) is 0 Å². The number of para-hydroxylation sites is 1. The van der Waals surface area contributed by atoms with Gasteiger partial charge in [0.15, 0.2) is 5.69 Å². The molecule has 0 unspecified atom stereocenters. The van der Waals surface area contributed by atoms with E-state index in [9.17, 15) is 9.59 Å². The Kier molecular flexibility index (Phi) is 3.79. The monoisotopic (exact) mass is 260 g/mol. The van der Waals surface area contributed by atoms with E-state index in [0.29, 0.717) is 5.69 Å². The topological polar surface area (TPSA) is 86.9 Å². The van der Waals surface area contributed by atoms with Crippen LogP contribution in [0.3, 0.4) is 0 Å². The SMILES string of the molecule is CC(C)NC(=O)CNC(=O)c1n[nH]c2ccccc12. The van der Waals surface area contributed by atoms with E-state index < -0.39 is 0 Å². The minimum absolute atomic E-state index is 0.0515. The van der Waals surface area contributed by atoms with E-state index in [1.54, 1.807) is 0 Å². The van der Waals surface area contributed by atoms with Crippen molar-refractivity contribution in [2.45, 2.75) is 19.9 Å². The molecule has 0 bridgehead atoms. The number of aromatic nitrogens is 2. The third-order valence-electron chi connectivity index (χ3n) is 2.54. The zero-order valence-electron chi connectivity index (χ0n) is 10.9. The minimum Gasteiger partial charge on any atom is -0.352 e. The number of aromatic amines is 1. The van der Waals surface area contributed by atoms with Crippen molar-refractivity contribution in [1.29, 1.82) is 0 Å². The number of benzene rings is 1. The van der Waals surface area contributed by atoms with E-state index >= 15 is 0 Å². The van der Waals surface area contributed by atoms with Gasteiger partial charge in [-0.15, -0.1) is 0 Å². The van der Waals surface area contributed by atoms with Gasteiger partial charge in [-0.25, -0.2) is 0 Å². The average Bonchev–Trinajstić information content (AvgIpc) is 2.79. The first kappa shape index (κ1) is 13.1. The number of carbonyl (C=O) groups is 2. The zero-order chi connectivity index (χ0) is 13.8. The van der Waals surface area contributed by atoms with Gasteiger partial charge in [0.2, 0.25) is 5.91 Å². The standard InChI is InChI=1S/C13H16N4O2/c1-8(2)15-11(18)7-14-13(19)12-9-5-3-4-6-10(9)16-17-12/h3-6,8H,7H2,1-2H3,(H,14,19)(H,15,18)(H,16,17). The molecule has 1 aromatic carbocycles. The number of fused-ring (bicyclic) bond motifs is 1. The number of nitrogens with one attached hydrogen (secondary N) is 3. The predicted octanol–water partition coefficient (Wildman–Crippen LogP) is 0.817. The summed E-state index contributed by atoms with van der Waals surface area (Å²) in [5, 5.41) is 12.7. The number of hydrogen-bond acceptors (Lipinski definition) is 3. The van der Waals surface area contributed by atoms with E-state index in [1.165, 1.54) is 0 Å². The van der Waals surface area contributed by atoms with E-state index in [2.05, 4.69) is 20.8 Å². The third-order valence-corrected chi connectivity index (χ3v) is 2.54. The number of carbonyl (C=O) groups excluding carboxylic acids is 2. The largest absolute Gasteiger partial charge is 0.352 e. The summed E-state index contributed by atoms with van der Waals surface area (Å²) >= 11 is 0. The zero-order valence-corrected chi connectivity index (χ0v) is 10.9. The molecule has 0 saturated carbocycles. The van der Waals surface area contributed by atoms with E-state index in [4.69, 9.17) is 0 Å². The van der Waals surface area contributed by atoms with Gasteiger partial charge in [0.25, 0.3) is 5.91 Å². The van der Waals surface area contributed by atoms with Crippen LogP contribution in [0.15, 0.2) is 24.3 Å². The van der Waals surface area contributed by atoms with Gasteiger partial charge in [-0.3, -0.25) is 14.7 Å². The molecule has 6 nitrogen and oxygen atoms in total. The Hall–Kier alpha value is -2.37. The van der Waals surface area contributed by atoms with Crippen LogP contribution >= 0.6 is 0 Å². The van der Waals surface area contributed by atoms with Crippen molar-refractivity contribution >= 4 is 22.7 Å². The van der Waals surface area contributed by atoms with Gasteiger partial charge >= 0.3 is 0 Å². The molecule has 1 aromatic heterocycles. The first-order valence-corrected chi connectivity index (χ1v) is 6.08. The van der Waals surface area contributed by atoms with Crippen LogP contribution in [0.1, 0.15) is 24.3 Å². The van der Waals surface area contributed by atoms with Crippen LogP contribution in [0.2, 0.25) is 0 Å². The summed E-state index contributed by atoms with van der Waals surface area (Å²) in [5.74, 6) is -0.584. The van der Waals surface area contributed by atoms with Crippen LogP contribution in [-0.4, -0.2) is 34.6 Å². The molecule has 0 spiro atoms. The summed E-state index contributed by atoms with van der Waals surface area (Å²) in [6.07, 6.45) is 0. The van der Waals surface area contributed by atoms with Gasteiger partial charge in [0, 0.05) is 11.4 Å². The Labute approximate surface area is 110 Å². The fraction of sp³-hybridized carbons (Fsp3) is 0.308. The maximum atomic E-state index is 11.9. The molecule has 6 heteroatoms. The van der Waals surface area contributed by atoms with Crippen molar-refractivity contribution in [3.8, 4) is 0 Å². The Morgan fingerprint density at radius 3 is 2.79 bits per heavy atom. The molecular formula is C13H16N4O2. The molecule has 0 atom stereocenters. The lowest BCUT2D eigenvalue weighted by molar-refractivity contribution is -0.120. The highest BCUT2D eigenvalue weighted by Gasteiger charge is 2.14. The Morgan fingerprint density at radius 1 is 1.32 bits per heavy atom. The summed E-state index contributed by atoms with van der Waals surface area (Å²) in [5.41, 5.74) is 1.09. The Balaban J connectivity index is 2.02. The van der Waals surface area contributed by atoms with Crippen molar-refractivity contribution in [3.63, 3.8) is 0 Å². The first-order valence-electron chi connectivity index (χ1n) is 6.08. The summed E-state index contributed by atoms with van der Waals surface area (Å²) in [4.78, 5) is 23.4. The Morgan fingerprint density at radius 2 is 2.05 bits per heavy atom. The molecule has 2 amide bonds. The molecular weight excluding hydrogens is 244 g/mol. The lowest BCUT2D eigenvalue weighted by Gasteiger charge is -2.08. The summed E-state index contributed by atoms with van der Waals surface area (Å²) in [6.45, 7) is 3.67. The Bertz CT molecular complexity index is 603. The number of rotatable bonds is 4. The van der Waals surface area contributed by atoms with E-state index in [0.717, 1.165) is 10.9 Å². The van der Waals surface area contributed by atoms with E-state index in [1.807, 2.05) is 38.1 Å². The number of hydrogen-bond donors (Lipinski definition) is 3. The lowest BCUT2D eigenvalue weighted by atomic mass is 10.2. The highest BCUT2D eigenvalue weighted by Crippen LogP contribution is 2.14. The molecule has 0 aliphatic carbocycles. The fourth-order valence-electron chi connectivity index (χ4n) is 1.75. The molecule has 0 aliphatic heterocycles. The molecule has 1 heterocycles. The van der Waals surface area contributed by atoms with Gasteiger partial charge in [0.1, 0.15) is 0 Å². The normalized spacial score (nSPS) is 10.7. The second-order valence-electron chi connectivity index (χ2n) is 4.52. The van der Waals surface area contributed by atoms with E-state index in [-0.39, 0.29) is 24.4 Å². The highest BCUT2D eigenvalue weighted by molar-refractivity contribution is 6.05. The second-order valence-corrected chi connectivity index (χ2v) is 4.52. The first-order chi connectivity index (χ1) is 9.08. The van der Waals surface area contributed by atoms with Gasteiger partial charge in [-0.2, -0.15) is 5.10 Å². The van der Waals surface area contributed by atoms with Gasteiger partial charge in [-0.05, 0) is 19.9 Å². The lowest BCUT2D eigenvalue weighted by Crippen LogP contribution is -2.39. The minimum atomic E-state index is -0.364. The molecule has 2 aromatic rings. The number of amides is 2. The molecule has 3 N–H and O–H groups in total. The molecule has 0 aliphatic rings. The molecule has 100 valence electrons. The second kappa shape index (κ2) is 5.51. The molecule has 2 rings (SSSR count). The van der Waals surface area contributed by atoms with Gasteiger partial charge in [0.05, 0.1) is 12.1 Å². The number of nitrogens with zero attached hydrogens (tertiary/aromatic N) is 1. The van der Waals surface area contributed by atoms with Crippen LogP contribution in [0, 0.1) is 0 Å². The van der Waals surface area contributed by atoms with Crippen molar-refractivity contribution < 1.29 is 9.59 Å². The maximum absolute atomic E-state index is 11.9. The maximum Gasteiger partial charge on any atom is 0.272 e. The summed E-state index contributed by atoms with van der Waals surface area (Å²) < 4.78 is 0. The van der Waals surface area contributed by atoms with Crippen molar-refractivity contribution in [2.75, 3.05) is 6.54 Å². The quantitative estimate of drug-likeness (QED) is 0.760. The van der Waals surface area contributed by atoms with Gasteiger partial charge < -0.3 is 10.6 Å². The summed E-state index contributed by atoms with van der Waals surface area (Å²) in [6, 6.07) is 7.39. The van der Waals surface area contributed by atoms with Gasteiger partial charge in [-0.1, -0.05) is 18.2 Å². The number of H-pyrrole nitrogens is 1. The van der Waals surface area contributed by atoms with Crippen molar-refractivity contribution in [2.24, 2.45) is 0 Å². The smallest absolute Gasteiger partial charge is 0.272 e. The van der Waals surface area contributed by atoms with Crippen LogP contribution < -0.4 is 10.6 Å². The molecule has 19 heavy (non-hydrogen) atoms.